The second-order valence-electron chi connectivity index (χ2n) is 7.00. The molecule has 140 valence electrons. The molecule has 0 unspecified atom stereocenters. The fraction of sp³-hybridized carbons (Fsp3) is 0.381. The molecule has 6 heteroatoms. The average molecular weight is 398 g/mol. The number of hydrogen-bond acceptors (Lipinski definition) is 5. The molecular weight excluding hydrogens is 374 g/mol. The van der Waals surface area contributed by atoms with Gasteiger partial charge < -0.3 is 5.32 Å². The first-order chi connectivity index (χ1) is 13.2. The number of carbonyl (C=O) groups excluding carboxylic acids is 1. The van der Waals surface area contributed by atoms with Crippen molar-refractivity contribution in [2.75, 3.05) is 5.75 Å². The Morgan fingerprint density at radius 3 is 2.96 bits per heavy atom. The topological polar surface area (TPSA) is 54.9 Å². The van der Waals surface area contributed by atoms with Crippen molar-refractivity contribution >= 4 is 39.2 Å². The standard InChI is InChI=1S/C21H23N3OS2/c1-14(10-11-15-6-3-2-4-7-15)24-18(25)12-26-20-19-16-8-5-9-17(16)27-21(19)23-13-22-20/h2-4,6-7,13-14H,5,8-12H2,1H3,(H,24,25)/t14-/m1/s1. The van der Waals surface area contributed by atoms with Crippen LogP contribution in [0.5, 0.6) is 0 Å². The predicted octanol–water partition coefficient (Wildman–Crippen LogP) is 4.41. The number of thioether (sulfide) groups is 1. The maximum Gasteiger partial charge on any atom is 0.230 e. The molecule has 0 spiro atoms. The van der Waals surface area contributed by atoms with Crippen molar-refractivity contribution in [3.63, 3.8) is 0 Å². The predicted molar refractivity (Wildman–Crippen MR) is 113 cm³/mol. The zero-order valence-corrected chi connectivity index (χ0v) is 17.0. The van der Waals surface area contributed by atoms with Crippen LogP contribution in [0.4, 0.5) is 0 Å². The molecule has 1 aromatic carbocycles. The number of nitrogens with zero attached hydrogens (tertiary/aromatic N) is 2. The first-order valence-corrected chi connectivity index (χ1v) is 11.2. The van der Waals surface area contributed by atoms with Crippen LogP contribution >= 0.6 is 23.1 Å². The molecule has 0 bridgehead atoms. The molecule has 3 aromatic rings. The normalized spacial score (nSPS) is 14.3. The summed E-state index contributed by atoms with van der Waals surface area (Å²) in [4.78, 5) is 23.8. The van der Waals surface area contributed by atoms with Crippen LogP contribution < -0.4 is 5.32 Å². The van der Waals surface area contributed by atoms with Gasteiger partial charge in [-0.1, -0.05) is 42.1 Å². The summed E-state index contributed by atoms with van der Waals surface area (Å²) in [6.07, 6.45) is 7.02. The Balaban J connectivity index is 1.32. The lowest BCUT2D eigenvalue weighted by Gasteiger charge is -2.14. The van der Waals surface area contributed by atoms with Crippen LogP contribution in [-0.4, -0.2) is 27.7 Å². The van der Waals surface area contributed by atoms with Gasteiger partial charge in [0.05, 0.1) is 5.75 Å². The first kappa shape index (κ1) is 18.4. The Hall–Kier alpha value is -1.92. The quantitative estimate of drug-likeness (QED) is 0.474. The summed E-state index contributed by atoms with van der Waals surface area (Å²) in [5.74, 6) is 0.464. The SMILES string of the molecule is C[C@H](CCc1ccccc1)NC(=O)CSc1ncnc2sc3c(c12)CCC3. The number of benzene rings is 1. The van der Waals surface area contributed by atoms with Gasteiger partial charge in [0.1, 0.15) is 16.2 Å². The summed E-state index contributed by atoms with van der Waals surface area (Å²) in [5.41, 5.74) is 2.72. The van der Waals surface area contributed by atoms with Gasteiger partial charge in [-0.15, -0.1) is 11.3 Å². The fourth-order valence-corrected chi connectivity index (χ4v) is 5.69. The Bertz CT molecular complexity index is 939. The van der Waals surface area contributed by atoms with E-state index < -0.39 is 0 Å². The van der Waals surface area contributed by atoms with Gasteiger partial charge in [-0.3, -0.25) is 4.79 Å². The highest BCUT2D eigenvalue weighted by Gasteiger charge is 2.21. The van der Waals surface area contributed by atoms with E-state index in [4.69, 9.17) is 0 Å². The molecule has 0 aliphatic heterocycles. The lowest BCUT2D eigenvalue weighted by molar-refractivity contribution is -0.119. The summed E-state index contributed by atoms with van der Waals surface area (Å²) in [5, 5.41) is 5.25. The smallest absolute Gasteiger partial charge is 0.230 e. The van der Waals surface area contributed by atoms with Gasteiger partial charge in [-0.05, 0) is 50.2 Å². The van der Waals surface area contributed by atoms with E-state index in [0.717, 1.165) is 35.5 Å². The van der Waals surface area contributed by atoms with E-state index in [1.165, 1.54) is 39.6 Å². The van der Waals surface area contributed by atoms with Gasteiger partial charge in [-0.25, -0.2) is 9.97 Å². The highest BCUT2D eigenvalue weighted by atomic mass is 32.2. The van der Waals surface area contributed by atoms with Crippen LogP contribution in [0.1, 0.15) is 35.8 Å². The van der Waals surface area contributed by atoms with Crippen LogP contribution in [0, 0.1) is 0 Å². The van der Waals surface area contributed by atoms with Gasteiger partial charge in [-0.2, -0.15) is 0 Å². The summed E-state index contributed by atoms with van der Waals surface area (Å²) in [6.45, 7) is 2.07. The van der Waals surface area contributed by atoms with Gasteiger partial charge in [0.2, 0.25) is 5.91 Å². The number of fused-ring (bicyclic) bond motifs is 3. The third-order valence-electron chi connectivity index (χ3n) is 4.92. The molecule has 2 aromatic heterocycles. The molecule has 27 heavy (non-hydrogen) atoms. The highest BCUT2D eigenvalue weighted by Crippen LogP contribution is 2.39. The van der Waals surface area contributed by atoms with Crippen molar-refractivity contribution in [3.05, 3.63) is 52.7 Å². The lowest BCUT2D eigenvalue weighted by atomic mass is 10.1. The van der Waals surface area contributed by atoms with Crippen molar-refractivity contribution in [2.24, 2.45) is 0 Å². The van der Waals surface area contributed by atoms with Crippen molar-refractivity contribution in [1.29, 1.82) is 0 Å². The Morgan fingerprint density at radius 1 is 1.26 bits per heavy atom. The van der Waals surface area contributed by atoms with E-state index >= 15 is 0 Å². The van der Waals surface area contributed by atoms with Gasteiger partial charge in [0.15, 0.2) is 0 Å². The molecule has 4 rings (SSSR count). The van der Waals surface area contributed by atoms with E-state index in [-0.39, 0.29) is 11.9 Å². The summed E-state index contributed by atoms with van der Waals surface area (Å²) >= 11 is 3.31. The van der Waals surface area contributed by atoms with E-state index in [0.29, 0.717) is 5.75 Å². The molecule has 1 atom stereocenters. The monoisotopic (exact) mass is 397 g/mol. The minimum absolute atomic E-state index is 0.0687. The van der Waals surface area contributed by atoms with Gasteiger partial charge in [0, 0.05) is 16.3 Å². The zero-order chi connectivity index (χ0) is 18.6. The summed E-state index contributed by atoms with van der Waals surface area (Å²) in [7, 11) is 0. The molecule has 0 radical (unpaired) electrons. The van der Waals surface area contributed by atoms with Crippen molar-refractivity contribution in [1.82, 2.24) is 15.3 Å². The molecule has 1 aliphatic rings. The minimum atomic E-state index is 0.0687. The van der Waals surface area contributed by atoms with Crippen LogP contribution in [0.15, 0.2) is 41.7 Å². The molecule has 1 N–H and O–H groups in total. The number of carbonyl (C=O) groups is 1. The molecule has 1 amide bonds. The Labute approximate surface area is 167 Å². The largest absolute Gasteiger partial charge is 0.353 e. The maximum atomic E-state index is 12.4. The van der Waals surface area contributed by atoms with E-state index in [9.17, 15) is 4.79 Å². The molecule has 4 nitrogen and oxygen atoms in total. The van der Waals surface area contributed by atoms with E-state index in [1.54, 1.807) is 17.7 Å². The summed E-state index contributed by atoms with van der Waals surface area (Å²) < 4.78 is 0. The number of aryl methyl sites for hydroxylation is 3. The Morgan fingerprint density at radius 2 is 2.11 bits per heavy atom. The van der Waals surface area contributed by atoms with Crippen LogP contribution in [0.25, 0.3) is 10.2 Å². The third-order valence-corrected chi connectivity index (χ3v) is 7.11. The fourth-order valence-electron chi connectivity index (χ4n) is 3.56. The van der Waals surface area contributed by atoms with E-state index in [2.05, 4.69) is 46.5 Å². The minimum Gasteiger partial charge on any atom is -0.353 e. The van der Waals surface area contributed by atoms with Gasteiger partial charge >= 0.3 is 0 Å². The number of amides is 1. The second-order valence-corrected chi connectivity index (χ2v) is 9.05. The van der Waals surface area contributed by atoms with E-state index in [1.807, 2.05) is 6.07 Å². The zero-order valence-electron chi connectivity index (χ0n) is 15.4. The lowest BCUT2D eigenvalue weighted by Crippen LogP contribution is -2.34. The molecule has 0 saturated carbocycles. The number of rotatable bonds is 7. The molecule has 0 saturated heterocycles. The van der Waals surface area contributed by atoms with Crippen LogP contribution in [0.2, 0.25) is 0 Å². The molecule has 2 heterocycles. The van der Waals surface area contributed by atoms with Crippen LogP contribution in [0.3, 0.4) is 0 Å². The molecule has 1 aliphatic carbocycles. The second kappa shape index (κ2) is 8.40. The first-order valence-electron chi connectivity index (χ1n) is 9.42. The summed E-state index contributed by atoms with van der Waals surface area (Å²) in [6, 6.07) is 10.6. The molecule has 0 fully saturated rings. The number of aromatic nitrogens is 2. The van der Waals surface area contributed by atoms with Crippen molar-refractivity contribution in [3.8, 4) is 0 Å². The van der Waals surface area contributed by atoms with Crippen molar-refractivity contribution in [2.45, 2.75) is 50.1 Å². The number of thiophene rings is 1. The number of nitrogens with one attached hydrogen (secondary N) is 1. The maximum absolute atomic E-state index is 12.4. The highest BCUT2D eigenvalue weighted by molar-refractivity contribution is 8.00. The van der Waals surface area contributed by atoms with Crippen molar-refractivity contribution < 1.29 is 4.79 Å². The average Bonchev–Trinajstić information content (AvgIpc) is 3.26. The number of hydrogen-bond donors (Lipinski definition) is 1. The van der Waals surface area contributed by atoms with Gasteiger partial charge in [0.25, 0.3) is 0 Å². The van der Waals surface area contributed by atoms with Crippen LogP contribution in [-0.2, 0) is 24.1 Å². The molecular formula is C21H23N3OS2. The Kier molecular flexibility index (Phi) is 5.74. The third kappa shape index (κ3) is 4.33.